The average Bonchev–Trinajstić information content (AvgIpc) is 3.49. The third kappa shape index (κ3) is 3.62. The number of carbonyl (C=O) groups is 1. The molecule has 0 unspecified atom stereocenters. The van der Waals surface area contributed by atoms with E-state index >= 15 is 0 Å². The van der Waals surface area contributed by atoms with Crippen LogP contribution >= 0.6 is 0 Å². The fourth-order valence-electron chi connectivity index (χ4n) is 3.39. The predicted molar refractivity (Wildman–Crippen MR) is 94.7 cm³/mol. The number of morpholine rings is 1. The minimum Gasteiger partial charge on any atom is -0.366 e. The highest BCUT2D eigenvalue weighted by atomic mass is 16.5. The van der Waals surface area contributed by atoms with Gasteiger partial charge in [0.2, 0.25) is 5.91 Å². The van der Waals surface area contributed by atoms with Crippen LogP contribution in [0.3, 0.4) is 0 Å². The molecule has 2 aromatic rings. The first kappa shape index (κ1) is 16.8. The molecule has 2 fully saturated rings. The second-order valence-electron chi connectivity index (χ2n) is 6.95. The SMILES string of the molecule is O=C(Cn1ccc(=O)[nH]c1=O)N1C[C@@H](c2ccccc2)O[C@@H](C2CC2)C1. The quantitative estimate of drug-likeness (QED) is 0.884. The first-order valence-electron chi connectivity index (χ1n) is 8.88. The minimum atomic E-state index is -0.572. The van der Waals surface area contributed by atoms with Crippen LogP contribution < -0.4 is 11.2 Å². The van der Waals surface area contributed by atoms with Gasteiger partial charge >= 0.3 is 5.69 Å². The summed E-state index contributed by atoms with van der Waals surface area (Å²) in [5, 5.41) is 0. The lowest BCUT2D eigenvalue weighted by molar-refractivity contribution is -0.148. The molecule has 2 atom stereocenters. The number of aromatic amines is 1. The van der Waals surface area contributed by atoms with Gasteiger partial charge < -0.3 is 9.64 Å². The minimum absolute atomic E-state index is 0.0326. The number of nitrogens with zero attached hydrogens (tertiary/aromatic N) is 2. The highest BCUT2D eigenvalue weighted by Gasteiger charge is 2.40. The van der Waals surface area contributed by atoms with Crippen LogP contribution in [0.4, 0.5) is 0 Å². The zero-order valence-corrected chi connectivity index (χ0v) is 14.3. The van der Waals surface area contributed by atoms with Gasteiger partial charge in [0.25, 0.3) is 5.56 Å². The van der Waals surface area contributed by atoms with Crippen molar-refractivity contribution in [1.82, 2.24) is 14.5 Å². The third-order valence-electron chi connectivity index (χ3n) is 5.00. The number of carbonyl (C=O) groups excluding carboxylic acids is 1. The number of amides is 1. The Hall–Kier alpha value is -2.67. The molecule has 7 heteroatoms. The Morgan fingerprint density at radius 3 is 2.58 bits per heavy atom. The van der Waals surface area contributed by atoms with E-state index in [1.807, 2.05) is 30.3 Å². The number of nitrogens with one attached hydrogen (secondary N) is 1. The summed E-state index contributed by atoms with van der Waals surface area (Å²) in [6.07, 6.45) is 3.49. The molecule has 1 aliphatic carbocycles. The molecular weight excluding hydrogens is 334 g/mol. The van der Waals surface area contributed by atoms with Gasteiger partial charge in [0.1, 0.15) is 12.6 Å². The molecule has 7 nitrogen and oxygen atoms in total. The van der Waals surface area contributed by atoms with Gasteiger partial charge in [0.05, 0.1) is 12.6 Å². The average molecular weight is 355 g/mol. The molecular formula is C19H21N3O4. The lowest BCUT2D eigenvalue weighted by atomic mass is 10.0. The lowest BCUT2D eigenvalue weighted by Crippen LogP contribution is -2.49. The van der Waals surface area contributed by atoms with Crippen LogP contribution in [0.5, 0.6) is 0 Å². The third-order valence-corrected chi connectivity index (χ3v) is 5.00. The van der Waals surface area contributed by atoms with Crippen LogP contribution in [0, 0.1) is 5.92 Å². The van der Waals surface area contributed by atoms with Gasteiger partial charge in [-0.25, -0.2) is 4.79 Å². The molecule has 0 radical (unpaired) electrons. The Labute approximate surface area is 150 Å². The summed E-state index contributed by atoms with van der Waals surface area (Å²) in [6, 6.07) is 11.1. The van der Waals surface area contributed by atoms with E-state index in [1.165, 1.54) is 16.8 Å². The highest BCUT2D eigenvalue weighted by molar-refractivity contribution is 5.76. The van der Waals surface area contributed by atoms with Crippen LogP contribution in [-0.2, 0) is 16.1 Å². The van der Waals surface area contributed by atoms with Crippen LogP contribution in [0.2, 0.25) is 0 Å². The number of rotatable bonds is 4. The number of hydrogen-bond donors (Lipinski definition) is 1. The molecule has 1 saturated heterocycles. The van der Waals surface area contributed by atoms with E-state index < -0.39 is 11.2 Å². The standard InChI is InChI=1S/C19H21N3O4/c23-17-8-9-21(19(25)20-17)12-18(24)22-10-15(13-4-2-1-3-5-13)26-16(11-22)14-6-7-14/h1-5,8-9,14-16H,6-7,10-12H2,(H,20,23,25)/t15-,16+/m0/s1. The van der Waals surface area contributed by atoms with Gasteiger partial charge in [-0.05, 0) is 24.3 Å². The van der Waals surface area contributed by atoms with Crippen molar-refractivity contribution in [2.75, 3.05) is 13.1 Å². The fourth-order valence-corrected chi connectivity index (χ4v) is 3.39. The van der Waals surface area contributed by atoms with E-state index in [1.54, 1.807) is 4.90 Å². The van der Waals surface area contributed by atoms with Crippen LogP contribution in [0.1, 0.15) is 24.5 Å². The number of ether oxygens (including phenoxy) is 1. The van der Waals surface area contributed by atoms with E-state index in [2.05, 4.69) is 4.98 Å². The Bertz CT molecular complexity index is 901. The summed E-state index contributed by atoms with van der Waals surface area (Å²) in [7, 11) is 0. The Morgan fingerprint density at radius 2 is 1.88 bits per heavy atom. The van der Waals surface area contributed by atoms with E-state index in [-0.39, 0.29) is 24.7 Å². The Balaban J connectivity index is 1.52. The second-order valence-corrected chi connectivity index (χ2v) is 6.95. The first-order valence-corrected chi connectivity index (χ1v) is 8.88. The zero-order chi connectivity index (χ0) is 18.1. The summed E-state index contributed by atoms with van der Waals surface area (Å²) in [6.45, 7) is 0.920. The molecule has 1 saturated carbocycles. The molecule has 136 valence electrons. The van der Waals surface area contributed by atoms with Gasteiger partial charge in [0, 0.05) is 18.8 Å². The van der Waals surface area contributed by atoms with Crippen LogP contribution in [0.25, 0.3) is 0 Å². The topological polar surface area (TPSA) is 84.4 Å². The lowest BCUT2D eigenvalue weighted by Gasteiger charge is -2.38. The van der Waals surface area contributed by atoms with Gasteiger partial charge in [-0.15, -0.1) is 0 Å². The van der Waals surface area contributed by atoms with Gasteiger partial charge in [-0.1, -0.05) is 30.3 Å². The first-order chi connectivity index (χ1) is 12.6. The number of aromatic nitrogens is 2. The van der Waals surface area contributed by atoms with Gasteiger partial charge in [-0.2, -0.15) is 0 Å². The summed E-state index contributed by atoms with van der Waals surface area (Å²) in [4.78, 5) is 39.8. The highest BCUT2D eigenvalue weighted by Crippen LogP contribution is 2.39. The zero-order valence-electron chi connectivity index (χ0n) is 14.3. The number of hydrogen-bond acceptors (Lipinski definition) is 4. The molecule has 0 bridgehead atoms. The predicted octanol–water partition coefficient (Wildman–Crippen LogP) is 0.915. The maximum atomic E-state index is 12.8. The van der Waals surface area contributed by atoms with Crippen LogP contribution in [-0.4, -0.2) is 39.6 Å². The van der Waals surface area contributed by atoms with Crippen molar-refractivity contribution in [3.8, 4) is 0 Å². The van der Waals surface area contributed by atoms with Crippen molar-refractivity contribution in [3.05, 3.63) is 69.0 Å². The van der Waals surface area contributed by atoms with E-state index in [4.69, 9.17) is 4.74 Å². The molecule has 4 rings (SSSR count). The normalized spacial score (nSPS) is 23.0. The fraction of sp³-hybridized carbons (Fsp3) is 0.421. The number of H-pyrrole nitrogens is 1. The van der Waals surface area contributed by atoms with Crippen molar-refractivity contribution < 1.29 is 9.53 Å². The largest absolute Gasteiger partial charge is 0.366 e. The summed E-state index contributed by atoms with van der Waals surface area (Å²) in [5.74, 6) is 0.363. The molecule has 2 aliphatic rings. The van der Waals surface area contributed by atoms with Crippen molar-refractivity contribution in [1.29, 1.82) is 0 Å². The molecule has 1 aliphatic heterocycles. The Morgan fingerprint density at radius 1 is 1.12 bits per heavy atom. The summed E-state index contributed by atoms with van der Waals surface area (Å²) < 4.78 is 7.48. The molecule has 1 aromatic carbocycles. The van der Waals surface area contributed by atoms with Gasteiger partial charge in [0.15, 0.2) is 0 Å². The van der Waals surface area contributed by atoms with Gasteiger partial charge in [-0.3, -0.25) is 19.1 Å². The van der Waals surface area contributed by atoms with E-state index in [9.17, 15) is 14.4 Å². The maximum Gasteiger partial charge on any atom is 0.328 e. The molecule has 1 amide bonds. The van der Waals surface area contributed by atoms with Crippen molar-refractivity contribution >= 4 is 5.91 Å². The molecule has 1 aromatic heterocycles. The smallest absolute Gasteiger partial charge is 0.328 e. The summed E-state index contributed by atoms with van der Waals surface area (Å²) >= 11 is 0. The molecule has 2 heterocycles. The van der Waals surface area contributed by atoms with Crippen molar-refractivity contribution in [2.24, 2.45) is 5.92 Å². The van der Waals surface area contributed by atoms with Crippen molar-refractivity contribution in [3.63, 3.8) is 0 Å². The second kappa shape index (κ2) is 6.92. The van der Waals surface area contributed by atoms with Crippen LogP contribution in [0.15, 0.2) is 52.2 Å². The number of benzene rings is 1. The summed E-state index contributed by atoms with van der Waals surface area (Å²) in [5.41, 5.74) is 0.0114. The molecule has 0 spiro atoms. The van der Waals surface area contributed by atoms with E-state index in [0.29, 0.717) is 19.0 Å². The van der Waals surface area contributed by atoms with E-state index in [0.717, 1.165) is 18.4 Å². The maximum absolute atomic E-state index is 12.8. The monoisotopic (exact) mass is 355 g/mol. The Kier molecular flexibility index (Phi) is 4.46. The molecule has 26 heavy (non-hydrogen) atoms. The molecule has 1 N–H and O–H groups in total. The van der Waals surface area contributed by atoms with Crippen molar-refractivity contribution in [2.45, 2.75) is 31.6 Å².